The van der Waals surface area contributed by atoms with Crippen LogP contribution in [-0.4, -0.2) is 27.3 Å². The third-order valence-corrected chi connectivity index (χ3v) is 5.62. The van der Waals surface area contributed by atoms with Crippen molar-refractivity contribution in [1.29, 1.82) is 0 Å². The quantitative estimate of drug-likeness (QED) is 0.444. The smallest absolute Gasteiger partial charge is 0.254 e. The van der Waals surface area contributed by atoms with E-state index in [1.807, 2.05) is 6.92 Å². The van der Waals surface area contributed by atoms with E-state index in [0.717, 1.165) is 48.7 Å². The highest BCUT2D eigenvalue weighted by Crippen LogP contribution is 2.18. The minimum Gasteiger partial charge on any atom is -0.353 e. The van der Waals surface area contributed by atoms with Gasteiger partial charge in [-0.3, -0.25) is 14.2 Å². The minimum atomic E-state index is -0.00351. The summed E-state index contributed by atoms with van der Waals surface area (Å²) in [6.07, 6.45) is 9.25. The Morgan fingerprint density at radius 1 is 1.33 bits per heavy atom. The Kier molecular flexibility index (Phi) is 7.82. The molecular formula is C18H29N3O2S. The molecule has 0 bridgehead atoms. The lowest BCUT2D eigenvalue weighted by Gasteiger charge is -2.22. The molecule has 6 heteroatoms. The van der Waals surface area contributed by atoms with Crippen molar-refractivity contribution in [3.63, 3.8) is 0 Å². The van der Waals surface area contributed by atoms with Gasteiger partial charge in [0.25, 0.3) is 5.56 Å². The third kappa shape index (κ3) is 5.96. The van der Waals surface area contributed by atoms with Gasteiger partial charge in [-0.15, -0.1) is 0 Å². The first-order valence-electron chi connectivity index (χ1n) is 9.09. The number of aryl methyl sites for hydroxylation is 1. The summed E-state index contributed by atoms with van der Waals surface area (Å²) in [5.74, 6) is 1.06. The molecule has 2 rings (SSSR count). The molecule has 1 aliphatic carbocycles. The molecule has 134 valence electrons. The molecule has 0 spiro atoms. The summed E-state index contributed by atoms with van der Waals surface area (Å²) >= 11 is 1.60. The number of carbonyl (C=O) groups excluding carboxylic acids is 1. The van der Waals surface area contributed by atoms with Crippen molar-refractivity contribution in [3.8, 4) is 0 Å². The van der Waals surface area contributed by atoms with Crippen LogP contribution in [0.3, 0.4) is 0 Å². The first-order chi connectivity index (χ1) is 11.6. The van der Waals surface area contributed by atoms with Crippen molar-refractivity contribution in [2.75, 3.05) is 5.75 Å². The second-order valence-electron chi connectivity index (χ2n) is 6.49. The van der Waals surface area contributed by atoms with Gasteiger partial charge in [-0.05, 0) is 32.1 Å². The van der Waals surface area contributed by atoms with E-state index in [4.69, 9.17) is 0 Å². The largest absolute Gasteiger partial charge is 0.353 e. The highest BCUT2D eigenvalue weighted by Gasteiger charge is 2.15. The number of hydrogen-bond acceptors (Lipinski definition) is 4. The van der Waals surface area contributed by atoms with E-state index in [2.05, 4.69) is 10.3 Å². The first-order valence-corrected chi connectivity index (χ1v) is 10.1. The van der Waals surface area contributed by atoms with Gasteiger partial charge >= 0.3 is 0 Å². The summed E-state index contributed by atoms with van der Waals surface area (Å²) in [5.41, 5.74) is 0.837. The molecule has 1 fully saturated rings. The molecule has 0 saturated heterocycles. The van der Waals surface area contributed by atoms with E-state index in [1.54, 1.807) is 29.4 Å². The lowest BCUT2D eigenvalue weighted by atomic mass is 9.95. The topological polar surface area (TPSA) is 64.0 Å². The molecule has 0 unspecified atom stereocenters. The van der Waals surface area contributed by atoms with Crippen molar-refractivity contribution < 1.29 is 4.79 Å². The Bertz CT molecular complexity index is 594. The fraction of sp³-hybridized carbons (Fsp3) is 0.722. The van der Waals surface area contributed by atoms with Crippen molar-refractivity contribution in [2.45, 2.75) is 75.9 Å². The van der Waals surface area contributed by atoms with E-state index in [1.165, 1.54) is 19.3 Å². The monoisotopic (exact) mass is 351 g/mol. The van der Waals surface area contributed by atoms with Crippen LogP contribution in [-0.2, 0) is 18.3 Å². The van der Waals surface area contributed by atoms with Crippen LogP contribution in [0.4, 0.5) is 0 Å². The second kappa shape index (κ2) is 9.87. The first kappa shape index (κ1) is 19.0. The highest BCUT2D eigenvalue weighted by atomic mass is 32.2. The molecular weight excluding hydrogens is 322 g/mol. The van der Waals surface area contributed by atoms with Crippen LogP contribution in [0.5, 0.6) is 0 Å². The number of aromatic nitrogens is 2. The number of carbonyl (C=O) groups is 1. The number of amides is 1. The number of hydrogen-bond donors (Lipinski definition) is 1. The maximum Gasteiger partial charge on any atom is 0.254 e. The molecule has 0 aliphatic heterocycles. The zero-order valence-corrected chi connectivity index (χ0v) is 15.7. The molecule has 1 N–H and O–H groups in total. The van der Waals surface area contributed by atoms with Crippen LogP contribution in [0.15, 0.2) is 16.0 Å². The van der Waals surface area contributed by atoms with E-state index in [-0.39, 0.29) is 11.5 Å². The lowest BCUT2D eigenvalue weighted by molar-refractivity contribution is -0.122. The van der Waals surface area contributed by atoms with E-state index >= 15 is 0 Å². The van der Waals surface area contributed by atoms with Gasteiger partial charge in [-0.1, -0.05) is 37.9 Å². The van der Waals surface area contributed by atoms with Gasteiger partial charge in [0.05, 0.1) is 0 Å². The zero-order chi connectivity index (χ0) is 17.4. The van der Waals surface area contributed by atoms with Crippen LogP contribution < -0.4 is 10.9 Å². The molecule has 0 atom stereocenters. The maximum absolute atomic E-state index is 12.0. The summed E-state index contributed by atoms with van der Waals surface area (Å²) in [5, 5.41) is 3.93. The Balaban J connectivity index is 1.67. The average Bonchev–Trinajstić information content (AvgIpc) is 2.58. The maximum atomic E-state index is 12.0. The summed E-state index contributed by atoms with van der Waals surface area (Å²) < 4.78 is 1.60. The molecule has 1 aromatic heterocycles. The van der Waals surface area contributed by atoms with Gasteiger partial charge in [-0.25, -0.2) is 4.98 Å². The molecule has 24 heavy (non-hydrogen) atoms. The van der Waals surface area contributed by atoms with Gasteiger partial charge in [-0.2, -0.15) is 0 Å². The molecule has 0 radical (unpaired) electrons. The predicted octanol–water partition coefficient (Wildman–Crippen LogP) is 3.05. The fourth-order valence-corrected chi connectivity index (χ4v) is 3.97. The average molecular weight is 352 g/mol. The lowest BCUT2D eigenvalue weighted by Crippen LogP contribution is -2.35. The normalized spacial score (nSPS) is 15.4. The van der Waals surface area contributed by atoms with E-state index in [9.17, 15) is 9.59 Å². The van der Waals surface area contributed by atoms with Crippen LogP contribution in [0, 0.1) is 0 Å². The molecule has 1 amide bonds. The number of thioether (sulfide) groups is 1. The standard InChI is InChI=1S/C18H29N3O2S/c1-3-14-13-17(23)21(2)18(20-14)24-12-8-7-11-16(22)19-15-9-5-4-6-10-15/h13,15H,3-12H2,1-2H3,(H,19,22). The number of nitrogens with one attached hydrogen (secondary N) is 1. The van der Waals surface area contributed by atoms with Crippen molar-refractivity contribution in [1.82, 2.24) is 14.9 Å². The van der Waals surface area contributed by atoms with Crippen molar-refractivity contribution in [3.05, 3.63) is 22.1 Å². The molecule has 1 heterocycles. The van der Waals surface area contributed by atoms with Gasteiger partial charge in [0.2, 0.25) is 5.91 Å². The molecule has 1 aromatic rings. The van der Waals surface area contributed by atoms with Crippen molar-refractivity contribution >= 4 is 17.7 Å². The summed E-state index contributed by atoms with van der Waals surface area (Å²) in [4.78, 5) is 28.3. The Morgan fingerprint density at radius 2 is 2.08 bits per heavy atom. The van der Waals surface area contributed by atoms with Crippen LogP contribution in [0.25, 0.3) is 0 Å². The van der Waals surface area contributed by atoms with Gasteiger partial charge in [0.1, 0.15) is 0 Å². The van der Waals surface area contributed by atoms with Gasteiger partial charge in [0.15, 0.2) is 5.16 Å². The Hall–Kier alpha value is -1.30. The zero-order valence-electron chi connectivity index (χ0n) is 14.8. The molecule has 1 saturated carbocycles. The van der Waals surface area contributed by atoms with E-state index in [0.29, 0.717) is 12.5 Å². The van der Waals surface area contributed by atoms with Crippen LogP contribution >= 0.6 is 11.8 Å². The van der Waals surface area contributed by atoms with Gasteiger partial charge in [0, 0.05) is 37.0 Å². The van der Waals surface area contributed by atoms with Crippen molar-refractivity contribution in [2.24, 2.45) is 7.05 Å². The number of nitrogens with zero attached hydrogens (tertiary/aromatic N) is 2. The predicted molar refractivity (Wildman–Crippen MR) is 98.4 cm³/mol. The molecule has 5 nitrogen and oxygen atoms in total. The Labute approximate surface area is 148 Å². The van der Waals surface area contributed by atoms with Gasteiger partial charge < -0.3 is 5.32 Å². The van der Waals surface area contributed by atoms with E-state index < -0.39 is 0 Å². The minimum absolute atomic E-state index is 0.00351. The second-order valence-corrected chi connectivity index (χ2v) is 7.55. The SMILES string of the molecule is CCc1cc(=O)n(C)c(SCCCCC(=O)NC2CCCCC2)n1. The number of unbranched alkanes of at least 4 members (excludes halogenated alkanes) is 1. The Morgan fingerprint density at radius 3 is 2.79 bits per heavy atom. The molecule has 0 aromatic carbocycles. The summed E-state index contributed by atoms with van der Waals surface area (Å²) in [7, 11) is 1.76. The van der Waals surface area contributed by atoms with Crippen LogP contribution in [0.1, 0.15) is 64.0 Å². The molecule has 1 aliphatic rings. The summed E-state index contributed by atoms with van der Waals surface area (Å²) in [6.45, 7) is 2.00. The highest BCUT2D eigenvalue weighted by molar-refractivity contribution is 7.99. The third-order valence-electron chi connectivity index (χ3n) is 4.51. The van der Waals surface area contributed by atoms with Crippen LogP contribution in [0.2, 0.25) is 0 Å². The number of rotatable bonds is 8. The summed E-state index contributed by atoms with van der Waals surface area (Å²) in [6, 6.07) is 2.00. The fourth-order valence-electron chi connectivity index (χ4n) is 2.97.